The molecule has 0 bridgehead atoms. The van der Waals surface area contributed by atoms with Gasteiger partial charge in [-0.2, -0.15) is 0 Å². The topological polar surface area (TPSA) is 81.2 Å². The third-order valence-electron chi connectivity index (χ3n) is 4.27. The molecule has 0 spiro atoms. The van der Waals surface area contributed by atoms with Gasteiger partial charge in [0.1, 0.15) is 33.3 Å². The van der Waals surface area contributed by atoms with E-state index in [-0.39, 0.29) is 34.1 Å². The number of ether oxygens (including phenoxy) is 1. The first kappa shape index (κ1) is 21.7. The van der Waals surface area contributed by atoms with E-state index in [4.69, 9.17) is 27.9 Å². The number of ketones is 1. The Bertz CT molecular complexity index is 1040. The highest BCUT2D eigenvalue weighted by molar-refractivity contribution is 6.32. The minimum absolute atomic E-state index is 0.0900. The molecule has 1 aromatic carbocycles. The van der Waals surface area contributed by atoms with Crippen LogP contribution in [0.3, 0.4) is 0 Å². The summed E-state index contributed by atoms with van der Waals surface area (Å²) in [7, 11) is 1.54. The van der Waals surface area contributed by atoms with E-state index in [2.05, 4.69) is 15.3 Å². The van der Waals surface area contributed by atoms with E-state index in [0.29, 0.717) is 24.3 Å². The number of aromatic nitrogens is 2. The summed E-state index contributed by atoms with van der Waals surface area (Å²) in [6.07, 6.45) is 2.79. The smallest absolute Gasteiger partial charge is 0.269 e. The minimum Gasteiger partial charge on any atom is -0.457 e. The van der Waals surface area contributed by atoms with Crippen LogP contribution in [-0.4, -0.2) is 28.7 Å². The Morgan fingerprint density at radius 1 is 0.967 bits per heavy atom. The number of carbonyl (C=O) groups excluding carboxylic acids is 2. The summed E-state index contributed by atoms with van der Waals surface area (Å²) in [5, 5.41) is 3.07. The Hall–Kier alpha value is -2.96. The van der Waals surface area contributed by atoms with Crippen molar-refractivity contribution in [3.63, 3.8) is 0 Å². The number of nitrogens with one attached hydrogen (secondary N) is 1. The lowest BCUT2D eigenvalue weighted by Gasteiger charge is -2.08. The van der Waals surface area contributed by atoms with Crippen LogP contribution < -0.4 is 10.1 Å². The van der Waals surface area contributed by atoms with Crippen molar-refractivity contribution in [1.29, 1.82) is 0 Å². The number of hydrogen-bond acceptors (Lipinski definition) is 5. The summed E-state index contributed by atoms with van der Waals surface area (Å²) in [6, 6.07) is 14.0. The van der Waals surface area contributed by atoms with Gasteiger partial charge in [-0.05, 0) is 47.9 Å². The van der Waals surface area contributed by atoms with E-state index in [9.17, 15) is 9.59 Å². The maximum absolute atomic E-state index is 12.3. The van der Waals surface area contributed by atoms with Crippen LogP contribution in [0.4, 0.5) is 0 Å². The second-order valence-corrected chi connectivity index (χ2v) is 7.31. The maximum atomic E-state index is 12.3. The van der Waals surface area contributed by atoms with Crippen LogP contribution in [0.5, 0.6) is 11.5 Å². The van der Waals surface area contributed by atoms with Crippen molar-refractivity contribution in [3.8, 4) is 11.5 Å². The van der Waals surface area contributed by atoms with Crippen LogP contribution in [0.2, 0.25) is 10.3 Å². The van der Waals surface area contributed by atoms with Crippen LogP contribution in [-0.2, 0) is 17.6 Å². The molecule has 0 unspecified atom stereocenters. The zero-order valence-electron chi connectivity index (χ0n) is 16.2. The molecule has 154 valence electrons. The number of aryl methyl sites for hydroxylation is 1. The molecule has 0 aliphatic heterocycles. The average Bonchev–Trinajstić information content (AvgIpc) is 2.72. The predicted octanol–water partition coefficient (Wildman–Crippen LogP) is 4.68. The van der Waals surface area contributed by atoms with Gasteiger partial charge in [-0.1, -0.05) is 35.3 Å². The highest BCUT2D eigenvalue weighted by Crippen LogP contribution is 2.22. The van der Waals surface area contributed by atoms with E-state index < -0.39 is 0 Å². The summed E-state index contributed by atoms with van der Waals surface area (Å²) >= 11 is 11.7. The van der Waals surface area contributed by atoms with Crippen LogP contribution in [0.15, 0.2) is 54.7 Å². The lowest BCUT2D eigenvalue weighted by atomic mass is 10.0. The number of carbonyl (C=O) groups is 2. The van der Waals surface area contributed by atoms with Crippen LogP contribution >= 0.6 is 23.2 Å². The lowest BCUT2D eigenvalue weighted by Crippen LogP contribution is -2.18. The van der Waals surface area contributed by atoms with Gasteiger partial charge in [0, 0.05) is 32.2 Å². The monoisotopic (exact) mass is 443 g/mol. The summed E-state index contributed by atoms with van der Waals surface area (Å²) in [5.74, 6) is 0.949. The van der Waals surface area contributed by atoms with Crippen molar-refractivity contribution in [2.45, 2.75) is 19.3 Å². The second kappa shape index (κ2) is 10.2. The standard InChI is InChI=1S/C22H19Cl2N3O3/c1-25-22(29)19-13-18(8-9-26-19)30-17-6-3-14(4-7-17)2-5-16(28)10-15-11-20(23)27-21(24)12-15/h3-4,6-9,11-13H,2,5,10H2,1H3,(H,25,29). The van der Waals surface area contributed by atoms with E-state index in [1.54, 1.807) is 31.3 Å². The lowest BCUT2D eigenvalue weighted by molar-refractivity contribution is -0.118. The number of pyridine rings is 2. The Morgan fingerprint density at radius 3 is 2.33 bits per heavy atom. The van der Waals surface area contributed by atoms with Crippen LogP contribution in [0.1, 0.15) is 28.0 Å². The molecule has 8 heteroatoms. The number of amides is 1. The molecule has 0 atom stereocenters. The fourth-order valence-electron chi connectivity index (χ4n) is 2.80. The predicted molar refractivity (Wildman–Crippen MR) is 115 cm³/mol. The summed E-state index contributed by atoms with van der Waals surface area (Å²) in [6.45, 7) is 0. The average molecular weight is 444 g/mol. The van der Waals surface area contributed by atoms with Gasteiger partial charge in [0.05, 0.1) is 0 Å². The Kier molecular flexibility index (Phi) is 7.38. The molecular weight excluding hydrogens is 425 g/mol. The van der Waals surface area contributed by atoms with E-state index in [1.165, 1.54) is 6.20 Å². The van der Waals surface area contributed by atoms with Gasteiger partial charge in [-0.15, -0.1) is 0 Å². The zero-order valence-corrected chi connectivity index (χ0v) is 17.7. The summed E-state index contributed by atoms with van der Waals surface area (Å²) in [4.78, 5) is 31.8. The number of rotatable bonds is 8. The van der Waals surface area contributed by atoms with E-state index in [1.807, 2.05) is 24.3 Å². The molecule has 3 aromatic rings. The van der Waals surface area contributed by atoms with Gasteiger partial charge in [-0.3, -0.25) is 14.6 Å². The number of hydrogen-bond donors (Lipinski definition) is 1. The summed E-state index contributed by atoms with van der Waals surface area (Å²) < 4.78 is 5.78. The molecule has 2 aromatic heterocycles. The number of Topliss-reactive ketones (excluding diaryl/α,β-unsaturated/α-hetero) is 1. The fourth-order valence-corrected chi connectivity index (χ4v) is 3.31. The first-order valence-electron chi connectivity index (χ1n) is 9.21. The normalized spacial score (nSPS) is 10.5. The van der Waals surface area contributed by atoms with Gasteiger partial charge in [0.2, 0.25) is 0 Å². The van der Waals surface area contributed by atoms with Crippen molar-refractivity contribution >= 4 is 34.9 Å². The summed E-state index contributed by atoms with van der Waals surface area (Å²) in [5.41, 5.74) is 2.05. The molecule has 1 N–H and O–H groups in total. The molecule has 1 amide bonds. The third kappa shape index (κ3) is 6.27. The van der Waals surface area contributed by atoms with Gasteiger partial charge in [-0.25, -0.2) is 4.98 Å². The molecule has 30 heavy (non-hydrogen) atoms. The molecule has 0 fully saturated rings. The van der Waals surface area contributed by atoms with Crippen LogP contribution in [0, 0.1) is 0 Å². The minimum atomic E-state index is -0.281. The van der Waals surface area contributed by atoms with Crippen LogP contribution in [0.25, 0.3) is 0 Å². The molecule has 3 rings (SSSR count). The molecule has 2 heterocycles. The Balaban J connectivity index is 1.54. The molecule has 0 radical (unpaired) electrons. The highest BCUT2D eigenvalue weighted by Gasteiger charge is 2.09. The van der Waals surface area contributed by atoms with Gasteiger partial charge in [0.15, 0.2) is 0 Å². The van der Waals surface area contributed by atoms with Gasteiger partial charge in [0.25, 0.3) is 5.91 Å². The Morgan fingerprint density at radius 2 is 1.67 bits per heavy atom. The largest absolute Gasteiger partial charge is 0.457 e. The van der Waals surface area contributed by atoms with Crippen molar-refractivity contribution in [2.75, 3.05) is 7.05 Å². The van der Waals surface area contributed by atoms with Crippen molar-refractivity contribution in [1.82, 2.24) is 15.3 Å². The van der Waals surface area contributed by atoms with Gasteiger partial charge >= 0.3 is 0 Å². The van der Waals surface area contributed by atoms with Crippen molar-refractivity contribution in [2.24, 2.45) is 0 Å². The third-order valence-corrected chi connectivity index (χ3v) is 4.65. The van der Waals surface area contributed by atoms with E-state index >= 15 is 0 Å². The molecule has 0 saturated carbocycles. The first-order valence-corrected chi connectivity index (χ1v) is 9.97. The SMILES string of the molecule is CNC(=O)c1cc(Oc2ccc(CCC(=O)Cc3cc(Cl)nc(Cl)c3)cc2)ccn1. The fraction of sp³-hybridized carbons (Fsp3) is 0.182. The number of benzene rings is 1. The molecule has 0 aliphatic carbocycles. The first-order chi connectivity index (χ1) is 14.4. The van der Waals surface area contributed by atoms with Crippen molar-refractivity contribution < 1.29 is 14.3 Å². The quantitative estimate of drug-likeness (QED) is 0.511. The molecule has 0 aliphatic rings. The highest BCUT2D eigenvalue weighted by atomic mass is 35.5. The number of halogens is 2. The van der Waals surface area contributed by atoms with E-state index in [0.717, 1.165) is 11.1 Å². The molecular formula is C22H19Cl2N3O3. The second-order valence-electron chi connectivity index (χ2n) is 6.54. The Labute approximate surface area is 184 Å². The van der Waals surface area contributed by atoms with Crippen molar-refractivity contribution in [3.05, 3.63) is 81.9 Å². The number of nitrogens with zero attached hydrogens (tertiary/aromatic N) is 2. The molecule has 6 nitrogen and oxygen atoms in total. The maximum Gasteiger partial charge on any atom is 0.269 e. The molecule has 0 saturated heterocycles. The zero-order chi connectivity index (χ0) is 21.5. The van der Waals surface area contributed by atoms with Gasteiger partial charge < -0.3 is 10.1 Å².